The van der Waals surface area contributed by atoms with E-state index < -0.39 is 0 Å². The van der Waals surface area contributed by atoms with E-state index in [1.165, 1.54) is 6.42 Å². The molecule has 1 aliphatic carbocycles. The number of aryl methyl sites for hydroxylation is 1. The lowest BCUT2D eigenvalue weighted by molar-refractivity contribution is 0.349. The second-order valence-corrected chi connectivity index (χ2v) is 6.03. The van der Waals surface area contributed by atoms with E-state index >= 15 is 0 Å². The number of H-pyrrole nitrogens is 1. The normalized spacial score (nSPS) is 16.4. The van der Waals surface area contributed by atoms with Crippen LogP contribution in [0.25, 0.3) is 11.2 Å². The molecule has 1 aliphatic rings. The maximum absolute atomic E-state index is 12.3. The molecule has 2 aromatic rings. The summed E-state index contributed by atoms with van der Waals surface area (Å²) in [5.41, 5.74) is 5.85. The summed E-state index contributed by atoms with van der Waals surface area (Å²) in [5, 5.41) is 0. The summed E-state index contributed by atoms with van der Waals surface area (Å²) in [4.78, 5) is 31.3. The van der Waals surface area contributed by atoms with Crippen molar-refractivity contribution in [3.05, 3.63) is 27.2 Å². The van der Waals surface area contributed by atoms with E-state index in [1.807, 2.05) is 4.57 Å². The summed E-state index contributed by atoms with van der Waals surface area (Å²) < 4.78 is 3.53. The molecule has 7 nitrogen and oxygen atoms in total. The van der Waals surface area contributed by atoms with Gasteiger partial charge in [-0.15, -0.1) is 0 Å². The third-order valence-corrected chi connectivity index (χ3v) is 4.49. The van der Waals surface area contributed by atoms with Crippen LogP contribution in [0.1, 0.15) is 51.0 Å². The highest BCUT2D eigenvalue weighted by atomic mass is 16.2. The minimum absolute atomic E-state index is 0.146. The maximum atomic E-state index is 12.3. The van der Waals surface area contributed by atoms with Crippen LogP contribution in [0.3, 0.4) is 0 Å². The minimum atomic E-state index is -0.350. The van der Waals surface area contributed by atoms with Gasteiger partial charge in [0.25, 0.3) is 5.56 Å². The van der Waals surface area contributed by atoms with Gasteiger partial charge in [-0.2, -0.15) is 0 Å². The first-order valence-corrected chi connectivity index (χ1v) is 8.12. The summed E-state index contributed by atoms with van der Waals surface area (Å²) in [6, 6.07) is 0.146. The highest BCUT2D eigenvalue weighted by Gasteiger charge is 2.21. The number of nitrogens with one attached hydrogen (secondary N) is 1. The van der Waals surface area contributed by atoms with Gasteiger partial charge in [0.1, 0.15) is 0 Å². The van der Waals surface area contributed by atoms with Gasteiger partial charge in [-0.1, -0.05) is 19.3 Å². The highest BCUT2D eigenvalue weighted by molar-refractivity contribution is 5.70. The van der Waals surface area contributed by atoms with Crippen LogP contribution in [-0.2, 0) is 6.54 Å². The molecule has 0 spiro atoms. The third-order valence-electron chi connectivity index (χ3n) is 4.49. The fourth-order valence-electron chi connectivity index (χ4n) is 3.37. The monoisotopic (exact) mass is 305 g/mol. The van der Waals surface area contributed by atoms with E-state index in [4.69, 9.17) is 5.73 Å². The highest BCUT2D eigenvalue weighted by Crippen LogP contribution is 2.28. The van der Waals surface area contributed by atoms with Crippen molar-refractivity contribution in [2.45, 2.75) is 57.5 Å². The quantitative estimate of drug-likeness (QED) is 0.809. The molecule has 22 heavy (non-hydrogen) atoms. The number of hydrogen-bond donors (Lipinski definition) is 2. The third kappa shape index (κ3) is 2.72. The predicted molar refractivity (Wildman–Crippen MR) is 85.0 cm³/mol. The largest absolute Gasteiger partial charge is 0.330 e. The van der Waals surface area contributed by atoms with Crippen LogP contribution in [0.2, 0.25) is 0 Å². The molecule has 2 heterocycles. The van der Waals surface area contributed by atoms with Crippen molar-refractivity contribution in [2.24, 2.45) is 5.73 Å². The summed E-state index contributed by atoms with van der Waals surface area (Å²) in [5.74, 6) is 0. The zero-order valence-corrected chi connectivity index (χ0v) is 12.8. The first kappa shape index (κ1) is 15.0. The van der Waals surface area contributed by atoms with E-state index in [0.29, 0.717) is 24.3 Å². The van der Waals surface area contributed by atoms with Crippen LogP contribution in [0.15, 0.2) is 15.9 Å². The Morgan fingerprint density at radius 3 is 2.73 bits per heavy atom. The Kier molecular flexibility index (Phi) is 4.42. The molecule has 3 N–H and O–H groups in total. The average molecular weight is 305 g/mol. The topological polar surface area (TPSA) is 98.7 Å². The first-order valence-electron chi connectivity index (χ1n) is 8.12. The average Bonchev–Trinajstić information content (AvgIpc) is 2.93. The molecule has 0 amide bonds. The molecule has 1 fully saturated rings. The predicted octanol–water partition coefficient (Wildman–Crippen LogP) is 1.13. The van der Waals surface area contributed by atoms with Gasteiger partial charge in [0.2, 0.25) is 0 Å². The summed E-state index contributed by atoms with van der Waals surface area (Å²) in [7, 11) is 0. The Hall–Kier alpha value is -1.89. The fourth-order valence-corrected chi connectivity index (χ4v) is 3.37. The van der Waals surface area contributed by atoms with Crippen molar-refractivity contribution >= 4 is 11.2 Å². The second-order valence-electron chi connectivity index (χ2n) is 6.03. The van der Waals surface area contributed by atoms with Gasteiger partial charge >= 0.3 is 5.69 Å². The van der Waals surface area contributed by atoms with Crippen LogP contribution >= 0.6 is 0 Å². The Balaban J connectivity index is 2.05. The van der Waals surface area contributed by atoms with Crippen molar-refractivity contribution in [2.75, 3.05) is 6.54 Å². The van der Waals surface area contributed by atoms with Gasteiger partial charge in [-0.25, -0.2) is 9.78 Å². The fraction of sp³-hybridized carbons (Fsp3) is 0.667. The molecule has 0 atom stereocenters. The number of hydrogen-bond acceptors (Lipinski definition) is 4. The second kappa shape index (κ2) is 6.48. The molecule has 120 valence electrons. The number of nitrogens with zero attached hydrogens (tertiary/aromatic N) is 3. The van der Waals surface area contributed by atoms with Crippen molar-refractivity contribution in [3.8, 4) is 0 Å². The Morgan fingerprint density at radius 2 is 2.00 bits per heavy atom. The number of imidazole rings is 1. The summed E-state index contributed by atoms with van der Waals surface area (Å²) in [6.07, 6.45) is 8.86. The van der Waals surface area contributed by atoms with Crippen molar-refractivity contribution < 1.29 is 0 Å². The Labute approximate surface area is 128 Å². The number of fused-ring (bicyclic) bond motifs is 1. The lowest BCUT2D eigenvalue weighted by Gasteiger charge is -2.23. The summed E-state index contributed by atoms with van der Waals surface area (Å²) in [6.45, 7) is 1.33. The SMILES string of the molecule is NCCCCn1cnc2c1c(=O)[nH]c(=O)n2C1CCCCC1. The van der Waals surface area contributed by atoms with E-state index in [2.05, 4.69) is 9.97 Å². The Bertz CT molecular complexity index is 751. The van der Waals surface area contributed by atoms with Gasteiger partial charge in [0, 0.05) is 12.6 Å². The van der Waals surface area contributed by atoms with Crippen LogP contribution in [-0.4, -0.2) is 25.6 Å². The molecular formula is C15H23N5O2. The van der Waals surface area contributed by atoms with E-state index in [0.717, 1.165) is 38.5 Å². The zero-order valence-electron chi connectivity index (χ0n) is 12.8. The van der Waals surface area contributed by atoms with Crippen LogP contribution in [0.4, 0.5) is 0 Å². The van der Waals surface area contributed by atoms with Crippen LogP contribution in [0, 0.1) is 0 Å². The van der Waals surface area contributed by atoms with Crippen LogP contribution < -0.4 is 17.0 Å². The molecule has 0 aliphatic heterocycles. The molecule has 0 saturated heterocycles. The van der Waals surface area contributed by atoms with Gasteiger partial charge in [-0.05, 0) is 32.2 Å². The van der Waals surface area contributed by atoms with Crippen molar-refractivity contribution in [1.29, 1.82) is 0 Å². The Morgan fingerprint density at radius 1 is 1.23 bits per heavy atom. The van der Waals surface area contributed by atoms with Gasteiger partial charge in [0.05, 0.1) is 6.33 Å². The number of aromatic nitrogens is 4. The molecule has 3 rings (SSSR count). The lowest BCUT2D eigenvalue weighted by atomic mass is 9.95. The molecular weight excluding hydrogens is 282 g/mol. The van der Waals surface area contributed by atoms with E-state index in [-0.39, 0.29) is 17.3 Å². The molecule has 2 aromatic heterocycles. The molecule has 0 radical (unpaired) electrons. The van der Waals surface area contributed by atoms with E-state index in [1.54, 1.807) is 10.9 Å². The zero-order chi connectivity index (χ0) is 15.5. The van der Waals surface area contributed by atoms with Crippen molar-refractivity contribution in [3.63, 3.8) is 0 Å². The van der Waals surface area contributed by atoms with Gasteiger partial charge in [0.15, 0.2) is 11.2 Å². The number of aromatic amines is 1. The minimum Gasteiger partial charge on any atom is -0.330 e. The smallest absolute Gasteiger partial charge is 0.330 e. The van der Waals surface area contributed by atoms with Gasteiger partial charge < -0.3 is 10.3 Å². The van der Waals surface area contributed by atoms with Gasteiger partial charge in [-0.3, -0.25) is 14.3 Å². The molecule has 0 unspecified atom stereocenters. The maximum Gasteiger partial charge on any atom is 0.330 e. The first-order chi connectivity index (χ1) is 10.7. The summed E-state index contributed by atoms with van der Waals surface area (Å²) >= 11 is 0. The molecule has 0 bridgehead atoms. The number of unbranched alkanes of at least 4 members (excludes halogenated alkanes) is 1. The standard InChI is InChI=1S/C15H23N5O2/c16-8-4-5-9-19-10-17-13-12(19)14(21)18-15(22)20(13)11-6-2-1-3-7-11/h10-11H,1-9,16H2,(H,18,21,22). The van der Waals surface area contributed by atoms with E-state index in [9.17, 15) is 9.59 Å². The van der Waals surface area contributed by atoms with Crippen molar-refractivity contribution in [1.82, 2.24) is 19.1 Å². The number of rotatable bonds is 5. The lowest BCUT2D eigenvalue weighted by Crippen LogP contribution is -2.34. The molecule has 1 saturated carbocycles. The molecule has 0 aromatic carbocycles. The van der Waals surface area contributed by atoms with Crippen LogP contribution in [0.5, 0.6) is 0 Å². The molecule has 7 heteroatoms. The number of nitrogens with two attached hydrogens (primary N) is 1.